The van der Waals surface area contributed by atoms with Crippen LogP contribution in [0.1, 0.15) is 24.5 Å². The molecule has 114 valence electrons. The number of nitrogens with one attached hydrogen (secondary N) is 1. The van der Waals surface area contributed by atoms with Crippen LogP contribution >= 0.6 is 0 Å². The Bertz CT molecular complexity index is 681. The first-order valence-electron chi connectivity index (χ1n) is 7.84. The molecule has 0 bridgehead atoms. The maximum Gasteiger partial charge on any atom is 0.243 e. The predicted octanol–water partition coefficient (Wildman–Crippen LogP) is 3.77. The van der Waals surface area contributed by atoms with E-state index in [0.717, 1.165) is 24.1 Å². The van der Waals surface area contributed by atoms with Crippen LogP contribution in [0.5, 0.6) is 0 Å². The van der Waals surface area contributed by atoms with Crippen molar-refractivity contribution in [2.24, 2.45) is 0 Å². The average molecular weight is 294 g/mol. The Hall–Kier alpha value is -2.29. The van der Waals surface area contributed by atoms with E-state index in [-0.39, 0.29) is 5.91 Å². The fourth-order valence-corrected chi connectivity index (χ4v) is 3.08. The summed E-state index contributed by atoms with van der Waals surface area (Å²) in [5.74, 6) is 0.0363. The number of hydrogen-bond acceptors (Lipinski definition) is 2. The Morgan fingerprint density at radius 3 is 2.86 bits per heavy atom. The number of fused-ring (bicyclic) bond motifs is 1. The first-order valence-corrected chi connectivity index (χ1v) is 7.84. The van der Waals surface area contributed by atoms with Crippen LogP contribution in [0.3, 0.4) is 0 Å². The van der Waals surface area contributed by atoms with Crippen molar-refractivity contribution in [2.75, 3.05) is 16.8 Å². The molecule has 1 atom stereocenters. The summed E-state index contributed by atoms with van der Waals surface area (Å²) in [5.41, 5.74) is 4.54. The molecule has 0 unspecified atom stereocenters. The van der Waals surface area contributed by atoms with E-state index in [0.29, 0.717) is 12.6 Å². The molecule has 1 N–H and O–H groups in total. The molecular formula is C19H22N2O. The molecule has 3 nitrogen and oxygen atoms in total. The second-order valence-corrected chi connectivity index (χ2v) is 6.06. The number of amides is 1. The van der Waals surface area contributed by atoms with Crippen molar-refractivity contribution < 1.29 is 4.79 Å². The van der Waals surface area contributed by atoms with Gasteiger partial charge in [0.2, 0.25) is 5.91 Å². The first kappa shape index (κ1) is 14.6. The van der Waals surface area contributed by atoms with Crippen molar-refractivity contribution >= 4 is 17.3 Å². The molecule has 0 spiro atoms. The molecule has 1 heterocycles. The average Bonchev–Trinajstić information content (AvgIpc) is 2.50. The van der Waals surface area contributed by atoms with Gasteiger partial charge >= 0.3 is 0 Å². The molecule has 3 rings (SSSR count). The standard InChI is InChI=1S/C19H22N2O/c1-14-6-5-8-17(12-14)20-19(22)13-21-15(2)10-11-16-7-3-4-9-18(16)21/h3-9,12,15H,10-11,13H2,1-2H3,(H,20,22)/t15-/m1/s1. The zero-order valence-electron chi connectivity index (χ0n) is 13.2. The lowest BCUT2D eigenvalue weighted by Crippen LogP contribution is -2.42. The summed E-state index contributed by atoms with van der Waals surface area (Å²) in [4.78, 5) is 14.6. The normalized spacial score (nSPS) is 17.0. The molecule has 0 aromatic heterocycles. The molecule has 0 fully saturated rings. The number of nitrogens with zero attached hydrogens (tertiary/aromatic N) is 1. The van der Waals surface area contributed by atoms with Crippen molar-refractivity contribution in [1.29, 1.82) is 0 Å². The van der Waals surface area contributed by atoms with E-state index < -0.39 is 0 Å². The highest BCUT2D eigenvalue weighted by Gasteiger charge is 2.24. The zero-order valence-corrected chi connectivity index (χ0v) is 13.2. The Labute approximate surface area is 132 Å². The van der Waals surface area contributed by atoms with Crippen LogP contribution in [0.25, 0.3) is 0 Å². The van der Waals surface area contributed by atoms with Gasteiger partial charge in [-0.15, -0.1) is 0 Å². The van der Waals surface area contributed by atoms with E-state index in [1.54, 1.807) is 0 Å². The summed E-state index contributed by atoms with van der Waals surface area (Å²) in [7, 11) is 0. The van der Waals surface area contributed by atoms with E-state index in [2.05, 4.69) is 35.3 Å². The highest BCUT2D eigenvalue weighted by Crippen LogP contribution is 2.30. The van der Waals surface area contributed by atoms with Gasteiger partial charge in [-0.3, -0.25) is 4.79 Å². The van der Waals surface area contributed by atoms with E-state index in [4.69, 9.17) is 0 Å². The Morgan fingerprint density at radius 1 is 1.23 bits per heavy atom. The third-order valence-electron chi connectivity index (χ3n) is 4.28. The number of para-hydroxylation sites is 1. The minimum atomic E-state index is 0.0363. The summed E-state index contributed by atoms with van der Waals surface area (Å²) >= 11 is 0. The number of anilines is 2. The third kappa shape index (κ3) is 3.14. The van der Waals surface area contributed by atoms with Crippen LogP contribution in [0.15, 0.2) is 48.5 Å². The first-order chi connectivity index (χ1) is 10.6. The number of aryl methyl sites for hydroxylation is 2. The number of carbonyl (C=O) groups is 1. The van der Waals surface area contributed by atoms with Crippen molar-refractivity contribution in [3.05, 3.63) is 59.7 Å². The molecule has 0 aliphatic carbocycles. The Morgan fingerprint density at radius 2 is 2.05 bits per heavy atom. The maximum atomic E-state index is 12.4. The lowest BCUT2D eigenvalue weighted by molar-refractivity contribution is -0.115. The monoisotopic (exact) mass is 294 g/mol. The Kier molecular flexibility index (Phi) is 4.14. The lowest BCUT2D eigenvalue weighted by Gasteiger charge is -2.36. The molecule has 1 aliphatic heterocycles. The van der Waals surface area contributed by atoms with Gasteiger partial charge in [-0.1, -0.05) is 30.3 Å². The summed E-state index contributed by atoms with van der Waals surface area (Å²) in [6, 6.07) is 16.7. The van der Waals surface area contributed by atoms with Crippen LogP contribution in [0, 0.1) is 6.92 Å². The van der Waals surface area contributed by atoms with Crippen molar-refractivity contribution in [3.8, 4) is 0 Å². The van der Waals surface area contributed by atoms with E-state index in [1.165, 1.54) is 11.3 Å². The largest absolute Gasteiger partial charge is 0.359 e. The van der Waals surface area contributed by atoms with E-state index in [9.17, 15) is 4.79 Å². The fraction of sp³-hybridized carbons (Fsp3) is 0.316. The second-order valence-electron chi connectivity index (χ2n) is 6.06. The number of hydrogen-bond donors (Lipinski definition) is 1. The highest BCUT2D eigenvalue weighted by molar-refractivity contribution is 5.94. The maximum absolute atomic E-state index is 12.4. The minimum absolute atomic E-state index is 0.0363. The van der Waals surface area contributed by atoms with Crippen molar-refractivity contribution in [2.45, 2.75) is 32.7 Å². The smallest absolute Gasteiger partial charge is 0.243 e. The molecule has 2 aromatic carbocycles. The van der Waals surface area contributed by atoms with Crippen LogP contribution in [0.4, 0.5) is 11.4 Å². The Balaban J connectivity index is 1.73. The predicted molar refractivity (Wildman–Crippen MR) is 91.4 cm³/mol. The van der Waals surface area contributed by atoms with Gasteiger partial charge in [0.1, 0.15) is 0 Å². The quantitative estimate of drug-likeness (QED) is 0.934. The van der Waals surface area contributed by atoms with Gasteiger partial charge in [0.25, 0.3) is 0 Å². The summed E-state index contributed by atoms with van der Waals surface area (Å²) in [6.07, 6.45) is 2.18. The van der Waals surface area contributed by atoms with Crippen molar-refractivity contribution in [3.63, 3.8) is 0 Å². The molecule has 0 saturated heterocycles. The molecular weight excluding hydrogens is 272 g/mol. The number of rotatable bonds is 3. The van der Waals surface area contributed by atoms with Gasteiger partial charge in [-0.25, -0.2) is 0 Å². The highest BCUT2D eigenvalue weighted by atomic mass is 16.2. The molecule has 1 aliphatic rings. The SMILES string of the molecule is Cc1cccc(NC(=O)CN2c3ccccc3CC[C@H]2C)c1. The third-order valence-corrected chi connectivity index (χ3v) is 4.28. The van der Waals surface area contributed by atoms with Gasteiger partial charge in [-0.2, -0.15) is 0 Å². The van der Waals surface area contributed by atoms with Crippen molar-refractivity contribution in [1.82, 2.24) is 0 Å². The molecule has 0 radical (unpaired) electrons. The van der Waals surface area contributed by atoms with Crippen LogP contribution in [-0.2, 0) is 11.2 Å². The van der Waals surface area contributed by atoms with Crippen LogP contribution in [-0.4, -0.2) is 18.5 Å². The number of benzene rings is 2. The van der Waals surface area contributed by atoms with E-state index >= 15 is 0 Å². The van der Waals surface area contributed by atoms with Gasteiger partial charge in [0.05, 0.1) is 6.54 Å². The minimum Gasteiger partial charge on any atom is -0.359 e. The summed E-state index contributed by atoms with van der Waals surface area (Å²) in [5, 5.41) is 3.00. The topological polar surface area (TPSA) is 32.3 Å². The van der Waals surface area contributed by atoms with Gasteiger partial charge < -0.3 is 10.2 Å². The second kappa shape index (κ2) is 6.22. The summed E-state index contributed by atoms with van der Waals surface area (Å²) in [6.45, 7) is 4.61. The van der Waals surface area contributed by atoms with Gasteiger partial charge in [0, 0.05) is 17.4 Å². The van der Waals surface area contributed by atoms with E-state index in [1.807, 2.05) is 37.3 Å². The van der Waals surface area contributed by atoms with Crippen LogP contribution < -0.4 is 10.2 Å². The van der Waals surface area contributed by atoms with Gasteiger partial charge in [0.15, 0.2) is 0 Å². The lowest BCUT2D eigenvalue weighted by atomic mass is 9.96. The molecule has 1 amide bonds. The molecule has 3 heteroatoms. The van der Waals surface area contributed by atoms with Crippen LogP contribution in [0.2, 0.25) is 0 Å². The summed E-state index contributed by atoms with van der Waals surface area (Å²) < 4.78 is 0. The molecule has 2 aromatic rings. The van der Waals surface area contributed by atoms with Gasteiger partial charge in [-0.05, 0) is 56.0 Å². The fourth-order valence-electron chi connectivity index (χ4n) is 3.08. The number of carbonyl (C=O) groups excluding carboxylic acids is 1. The zero-order chi connectivity index (χ0) is 15.5. The molecule has 0 saturated carbocycles. The molecule has 22 heavy (non-hydrogen) atoms.